The largest absolute Gasteiger partial charge is 0.481 e. The summed E-state index contributed by atoms with van der Waals surface area (Å²) in [5, 5.41) is 2.75. The van der Waals surface area contributed by atoms with Crippen LogP contribution in [0.1, 0.15) is 27.2 Å². The number of hydrogen-bond donors (Lipinski definition) is 2. The van der Waals surface area contributed by atoms with E-state index in [1.54, 1.807) is 38.1 Å². The number of carbonyl (C=O) groups is 1. The molecule has 1 unspecified atom stereocenters. The van der Waals surface area contributed by atoms with E-state index in [1.165, 1.54) is 12.1 Å². The van der Waals surface area contributed by atoms with Gasteiger partial charge in [-0.05, 0) is 56.7 Å². The average Bonchev–Trinajstić information content (AvgIpc) is 2.60. The van der Waals surface area contributed by atoms with Gasteiger partial charge in [-0.15, -0.1) is 0 Å². The summed E-state index contributed by atoms with van der Waals surface area (Å²) in [6, 6.07) is 15.0. The fourth-order valence-electron chi connectivity index (χ4n) is 2.30. The second kappa shape index (κ2) is 8.82. The molecule has 0 spiro atoms. The number of sulfonamides is 1. The van der Waals surface area contributed by atoms with Crippen LogP contribution in [0.2, 0.25) is 0 Å². The van der Waals surface area contributed by atoms with E-state index in [4.69, 9.17) is 4.74 Å². The number of ether oxygens (including phenoxy) is 1. The van der Waals surface area contributed by atoms with Gasteiger partial charge in [0, 0.05) is 11.7 Å². The Balaban J connectivity index is 2.04. The smallest absolute Gasteiger partial charge is 0.265 e. The Morgan fingerprint density at radius 1 is 1.04 bits per heavy atom. The molecule has 0 aromatic heterocycles. The van der Waals surface area contributed by atoms with E-state index in [9.17, 15) is 13.2 Å². The van der Waals surface area contributed by atoms with Crippen LogP contribution in [-0.2, 0) is 14.8 Å². The number of rotatable bonds is 8. The molecule has 1 atom stereocenters. The lowest BCUT2D eigenvalue weighted by atomic mass is 10.2. The maximum absolute atomic E-state index is 12.4. The van der Waals surface area contributed by atoms with E-state index >= 15 is 0 Å². The van der Waals surface area contributed by atoms with Crippen molar-refractivity contribution in [1.29, 1.82) is 0 Å². The Hall–Kier alpha value is -2.38. The van der Waals surface area contributed by atoms with Crippen molar-refractivity contribution < 1.29 is 17.9 Å². The molecule has 0 aliphatic carbocycles. The van der Waals surface area contributed by atoms with E-state index in [0.29, 0.717) is 17.9 Å². The van der Waals surface area contributed by atoms with Crippen molar-refractivity contribution in [3.8, 4) is 5.75 Å². The summed E-state index contributed by atoms with van der Waals surface area (Å²) < 4.78 is 32.4. The van der Waals surface area contributed by atoms with Gasteiger partial charge < -0.3 is 10.1 Å². The summed E-state index contributed by atoms with van der Waals surface area (Å²) in [4.78, 5) is 12.6. The third-order valence-electron chi connectivity index (χ3n) is 3.51. The topological polar surface area (TPSA) is 84.5 Å². The summed E-state index contributed by atoms with van der Waals surface area (Å²) in [5.74, 6) is 0.336. The Morgan fingerprint density at radius 2 is 1.65 bits per heavy atom. The molecule has 2 aromatic rings. The van der Waals surface area contributed by atoms with Gasteiger partial charge in [-0.3, -0.25) is 4.79 Å². The molecule has 140 valence electrons. The van der Waals surface area contributed by atoms with Gasteiger partial charge in [0.25, 0.3) is 5.91 Å². The number of benzene rings is 2. The molecule has 7 heteroatoms. The summed E-state index contributed by atoms with van der Waals surface area (Å²) in [6.45, 7) is 5.37. The van der Waals surface area contributed by atoms with Crippen molar-refractivity contribution in [2.24, 2.45) is 0 Å². The number of hydrogen-bond acceptors (Lipinski definition) is 4. The Kier molecular flexibility index (Phi) is 6.76. The molecule has 0 saturated heterocycles. The van der Waals surface area contributed by atoms with Crippen molar-refractivity contribution in [2.45, 2.75) is 44.2 Å². The van der Waals surface area contributed by atoms with Crippen LogP contribution in [-0.4, -0.2) is 26.5 Å². The number of para-hydroxylation sites is 1. The lowest BCUT2D eigenvalue weighted by Gasteiger charge is -2.17. The summed E-state index contributed by atoms with van der Waals surface area (Å²) in [5.41, 5.74) is 0.508. The minimum Gasteiger partial charge on any atom is -0.481 e. The maximum atomic E-state index is 12.4. The lowest BCUT2D eigenvalue weighted by molar-refractivity contribution is -0.122. The molecule has 6 nitrogen and oxygen atoms in total. The highest BCUT2D eigenvalue weighted by molar-refractivity contribution is 7.89. The average molecular weight is 376 g/mol. The van der Waals surface area contributed by atoms with Gasteiger partial charge in [-0.25, -0.2) is 13.1 Å². The van der Waals surface area contributed by atoms with Gasteiger partial charge in [-0.2, -0.15) is 0 Å². The molecule has 0 fully saturated rings. The normalized spacial score (nSPS) is 12.6. The molecule has 0 aliphatic heterocycles. The summed E-state index contributed by atoms with van der Waals surface area (Å²) >= 11 is 0. The van der Waals surface area contributed by atoms with E-state index in [2.05, 4.69) is 10.0 Å². The van der Waals surface area contributed by atoms with Crippen molar-refractivity contribution >= 4 is 21.6 Å². The maximum Gasteiger partial charge on any atom is 0.265 e. The number of anilines is 1. The number of nitrogens with one attached hydrogen (secondary N) is 2. The zero-order valence-electron chi connectivity index (χ0n) is 15.1. The SMILES string of the molecule is CCC(Oc1ccccc1)C(=O)Nc1ccc(S(=O)(=O)NC(C)C)cc1. The van der Waals surface area contributed by atoms with Gasteiger partial charge in [-0.1, -0.05) is 25.1 Å². The Bertz CT molecular complexity index is 818. The van der Waals surface area contributed by atoms with Crippen molar-refractivity contribution in [3.05, 3.63) is 54.6 Å². The minimum atomic E-state index is -3.55. The summed E-state index contributed by atoms with van der Waals surface area (Å²) in [7, 11) is -3.55. The zero-order valence-corrected chi connectivity index (χ0v) is 15.9. The molecule has 2 rings (SSSR count). The predicted octanol–water partition coefficient (Wildman–Crippen LogP) is 3.17. The van der Waals surface area contributed by atoms with Gasteiger partial charge in [0.2, 0.25) is 10.0 Å². The molecule has 0 radical (unpaired) electrons. The molecule has 0 bridgehead atoms. The first-order valence-electron chi connectivity index (χ1n) is 8.46. The molecule has 1 amide bonds. The van der Waals surface area contributed by atoms with Gasteiger partial charge in [0.1, 0.15) is 5.75 Å². The quantitative estimate of drug-likeness (QED) is 0.741. The van der Waals surface area contributed by atoms with Crippen LogP contribution in [0, 0.1) is 0 Å². The van der Waals surface area contributed by atoms with Crippen molar-refractivity contribution in [1.82, 2.24) is 4.72 Å². The fourth-order valence-corrected chi connectivity index (χ4v) is 3.56. The van der Waals surface area contributed by atoms with Crippen LogP contribution in [0.15, 0.2) is 59.5 Å². The third kappa shape index (κ3) is 5.57. The van der Waals surface area contributed by atoms with Crippen LogP contribution < -0.4 is 14.8 Å². The second-order valence-electron chi connectivity index (χ2n) is 6.12. The van der Waals surface area contributed by atoms with Crippen LogP contribution >= 0.6 is 0 Å². The molecule has 2 aromatic carbocycles. The highest BCUT2D eigenvalue weighted by Gasteiger charge is 2.19. The number of amides is 1. The number of carbonyl (C=O) groups excluding carboxylic acids is 1. The molecular formula is C19H24N2O4S. The van der Waals surface area contributed by atoms with Gasteiger partial charge in [0.05, 0.1) is 4.90 Å². The molecule has 26 heavy (non-hydrogen) atoms. The van der Waals surface area contributed by atoms with Crippen molar-refractivity contribution in [2.75, 3.05) is 5.32 Å². The standard InChI is InChI=1S/C19H24N2O4S/c1-4-18(25-16-8-6-5-7-9-16)19(22)20-15-10-12-17(13-11-15)26(23,24)21-14(2)3/h5-14,18,21H,4H2,1-3H3,(H,20,22). The molecule has 0 aliphatic rings. The van der Waals surface area contributed by atoms with Crippen LogP contribution in [0.3, 0.4) is 0 Å². The van der Waals surface area contributed by atoms with Crippen LogP contribution in [0.4, 0.5) is 5.69 Å². The molecule has 0 saturated carbocycles. The summed E-state index contributed by atoms with van der Waals surface area (Å²) in [6.07, 6.45) is -0.130. The first kappa shape index (κ1) is 19.9. The van der Waals surface area contributed by atoms with Gasteiger partial charge in [0.15, 0.2) is 6.10 Å². The van der Waals surface area contributed by atoms with E-state index in [0.717, 1.165) is 0 Å². The fraction of sp³-hybridized carbons (Fsp3) is 0.316. The molecule has 2 N–H and O–H groups in total. The zero-order chi connectivity index (χ0) is 19.2. The van der Waals surface area contributed by atoms with E-state index < -0.39 is 16.1 Å². The first-order chi connectivity index (χ1) is 12.3. The van der Waals surface area contributed by atoms with Crippen LogP contribution in [0.5, 0.6) is 5.75 Å². The highest BCUT2D eigenvalue weighted by atomic mass is 32.2. The van der Waals surface area contributed by atoms with Crippen LogP contribution in [0.25, 0.3) is 0 Å². The monoisotopic (exact) mass is 376 g/mol. The second-order valence-corrected chi connectivity index (χ2v) is 7.83. The predicted molar refractivity (Wildman–Crippen MR) is 102 cm³/mol. The first-order valence-corrected chi connectivity index (χ1v) is 9.95. The Morgan fingerprint density at radius 3 is 2.19 bits per heavy atom. The minimum absolute atomic E-state index is 0.150. The Labute approximate surface area is 154 Å². The van der Waals surface area contributed by atoms with Crippen molar-refractivity contribution in [3.63, 3.8) is 0 Å². The molecular weight excluding hydrogens is 352 g/mol. The highest BCUT2D eigenvalue weighted by Crippen LogP contribution is 2.17. The lowest BCUT2D eigenvalue weighted by Crippen LogP contribution is -2.32. The van der Waals surface area contributed by atoms with Gasteiger partial charge >= 0.3 is 0 Å². The van der Waals surface area contributed by atoms with E-state index in [1.807, 2.05) is 25.1 Å². The third-order valence-corrected chi connectivity index (χ3v) is 5.18. The van der Waals surface area contributed by atoms with E-state index in [-0.39, 0.29) is 16.8 Å². The molecule has 0 heterocycles.